The van der Waals surface area contributed by atoms with Crippen LogP contribution in [0.15, 0.2) is 36.4 Å². The van der Waals surface area contributed by atoms with E-state index in [9.17, 15) is 9.46 Å². The summed E-state index contributed by atoms with van der Waals surface area (Å²) >= 11 is 0. The Morgan fingerprint density at radius 2 is 0.714 bits per heavy atom. The van der Waals surface area contributed by atoms with Gasteiger partial charge in [-0.25, -0.2) is 4.57 Å². The lowest BCUT2D eigenvalue weighted by atomic mass is 9.95. The lowest BCUT2D eigenvalue weighted by Crippen LogP contribution is -2.07. The highest BCUT2D eigenvalue weighted by Crippen LogP contribution is 2.47. The molecule has 0 bridgehead atoms. The molecule has 49 heavy (non-hydrogen) atoms. The molecule has 0 saturated heterocycles. The van der Waals surface area contributed by atoms with Crippen molar-refractivity contribution in [3.8, 4) is 11.5 Å². The van der Waals surface area contributed by atoms with Gasteiger partial charge in [-0.1, -0.05) is 180 Å². The zero-order chi connectivity index (χ0) is 35.4. The molecule has 0 amide bonds. The molecule has 0 heterocycles. The first-order valence-electron chi connectivity index (χ1n) is 20.9. The molecule has 0 aliphatic heterocycles. The molecule has 2 aromatic rings. The van der Waals surface area contributed by atoms with Gasteiger partial charge in [0, 0.05) is 0 Å². The summed E-state index contributed by atoms with van der Waals surface area (Å²) in [6.45, 7) is 9.02. The number of hydrogen-bond donors (Lipinski definition) is 1. The smallest absolute Gasteiger partial charge is 0.395 e. The van der Waals surface area contributed by atoms with Crippen molar-refractivity contribution in [2.75, 3.05) is 0 Å². The molecular weight excluding hydrogens is 623 g/mol. The molecule has 4 nitrogen and oxygen atoms in total. The van der Waals surface area contributed by atoms with E-state index < -0.39 is 7.82 Å². The number of phosphoric acid groups is 1. The number of benzene rings is 2. The molecule has 0 aliphatic rings. The Labute approximate surface area is 303 Å². The van der Waals surface area contributed by atoms with Gasteiger partial charge in [0.1, 0.15) is 11.5 Å². The van der Waals surface area contributed by atoms with Crippen molar-refractivity contribution in [1.29, 1.82) is 0 Å². The molecule has 5 heteroatoms. The fourth-order valence-corrected chi connectivity index (χ4v) is 7.93. The van der Waals surface area contributed by atoms with Gasteiger partial charge in [-0.05, 0) is 85.8 Å². The fraction of sp³-hybridized carbons (Fsp3) is 0.727. The average molecular weight is 699 g/mol. The first-order valence-corrected chi connectivity index (χ1v) is 22.4. The van der Waals surface area contributed by atoms with Gasteiger partial charge in [0.15, 0.2) is 0 Å². The number of phosphoric ester groups is 1. The fourth-order valence-electron chi connectivity index (χ4n) is 7.05. The van der Waals surface area contributed by atoms with Crippen molar-refractivity contribution in [2.24, 2.45) is 0 Å². The molecule has 0 spiro atoms. The minimum Gasteiger partial charge on any atom is -0.395 e. The second-order valence-electron chi connectivity index (χ2n) is 14.5. The van der Waals surface area contributed by atoms with Crippen molar-refractivity contribution >= 4 is 7.82 Å². The Morgan fingerprint density at radius 1 is 0.429 bits per heavy atom. The quantitative estimate of drug-likeness (QED) is 0.0610. The SMILES string of the molecule is CCCCCCCCc1cccc(OP(=O)(O)Oc2cccc(CCCCCCCC)c2CCCCCCCC)c1CCCCCCCC. The zero-order valence-corrected chi connectivity index (χ0v) is 33.3. The molecule has 0 radical (unpaired) electrons. The number of unbranched alkanes of at least 4 members (excludes halogenated alkanes) is 20. The topological polar surface area (TPSA) is 55.8 Å². The van der Waals surface area contributed by atoms with Crippen LogP contribution in [0.3, 0.4) is 0 Å². The van der Waals surface area contributed by atoms with Crippen molar-refractivity contribution < 1.29 is 18.5 Å². The highest BCUT2D eigenvalue weighted by atomic mass is 31.2. The summed E-state index contributed by atoms with van der Waals surface area (Å²) in [6.07, 6.45) is 33.2. The Balaban J connectivity index is 2.21. The van der Waals surface area contributed by atoms with E-state index in [0.29, 0.717) is 11.5 Å². The third-order valence-corrected chi connectivity index (χ3v) is 10.9. The molecule has 0 unspecified atom stereocenters. The van der Waals surface area contributed by atoms with Crippen LogP contribution in [0.2, 0.25) is 0 Å². The second-order valence-corrected chi connectivity index (χ2v) is 15.8. The van der Waals surface area contributed by atoms with Gasteiger partial charge >= 0.3 is 7.82 Å². The van der Waals surface area contributed by atoms with E-state index in [1.165, 1.54) is 140 Å². The van der Waals surface area contributed by atoms with E-state index in [4.69, 9.17) is 9.05 Å². The Morgan fingerprint density at radius 3 is 1.04 bits per heavy atom. The lowest BCUT2D eigenvalue weighted by Gasteiger charge is -2.21. The van der Waals surface area contributed by atoms with Crippen LogP contribution in [-0.2, 0) is 30.2 Å². The molecule has 0 atom stereocenters. The van der Waals surface area contributed by atoms with Crippen molar-refractivity contribution in [2.45, 2.75) is 207 Å². The van der Waals surface area contributed by atoms with Crippen molar-refractivity contribution in [3.05, 3.63) is 58.7 Å². The predicted octanol–water partition coefficient (Wildman–Crippen LogP) is 14.9. The van der Waals surface area contributed by atoms with Gasteiger partial charge in [-0.15, -0.1) is 0 Å². The predicted molar refractivity (Wildman–Crippen MR) is 212 cm³/mol. The van der Waals surface area contributed by atoms with Crippen LogP contribution in [0.4, 0.5) is 0 Å². The lowest BCUT2D eigenvalue weighted by molar-refractivity contribution is 0.288. The molecular formula is C44H75O4P. The van der Waals surface area contributed by atoms with Crippen LogP contribution in [0.1, 0.15) is 204 Å². The normalized spacial score (nSPS) is 11.7. The summed E-state index contributed by atoms with van der Waals surface area (Å²) in [5.41, 5.74) is 4.69. The minimum atomic E-state index is -4.43. The van der Waals surface area contributed by atoms with E-state index in [1.807, 2.05) is 24.3 Å². The molecule has 0 aromatic heterocycles. The Bertz CT molecular complexity index is 1060. The van der Waals surface area contributed by atoms with Crippen LogP contribution in [0.25, 0.3) is 0 Å². The first kappa shape index (κ1) is 43.4. The summed E-state index contributed by atoms with van der Waals surface area (Å²) in [4.78, 5) is 11.3. The van der Waals surface area contributed by atoms with Crippen LogP contribution < -0.4 is 9.05 Å². The van der Waals surface area contributed by atoms with Crippen molar-refractivity contribution in [3.63, 3.8) is 0 Å². The number of aryl methyl sites for hydroxylation is 2. The van der Waals surface area contributed by atoms with E-state index in [0.717, 1.165) is 62.5 Å². The van der Waals surface area contributed by atoms with Crippen molar-refractivity contribution in [1.82, 2.24) is 0 Å². The van der Waals surface area contributed by atoms with Gasteiger partial charge in [0.2, 0.25) is 0 Å². The Kier molecular flexibility index (Phi) is 24.7. The Hall–Kier alpha value is -1.77. The maximum Gasteiger partial charge on any atom is 0.584 e. The van der Waals surface area contributed by atoms with Gasteiger partial charge < -0.3 is 9.05 Å². The number of hydrogen-bond acceptors (Lipinski definition) is 3. The van der Waals surface area contributed by atoms with Crippen LogP contribution in [0, 0.1) is 0 Å². The molecule has 2 rings (SSSR count). The van der Waals surface area contributed by atoms with E-state index in [2.05, 4.69) is 39.8 Å². The minimum absolute atomic E-state index is 0.517. The second kappa shape index (κ2) is 27.9. The summed E-state index contributed by atoms with van der Waals surface area (Å²) in [6, 6.07) is 12.1. The first-order chi connectivity index (χ1) is 24.0. The van der Waals surface area contributed by atoms with E-state index >= 15 is 0 Å². The summed E-state index contributed by atoms with van der Waals surface area (Å²) in [5.74, 6) is 1.03. The summed E-state index contributed by atoms with van der Waals surface area (Å²) in [5, 5.41) is 0. The monoisotopic (exact) mass is 699 g/mol. The summed E-state index contributed by atoms with van der Waals surface area (Å²) in [7, 11) is -4.43. The molecule has 0 fully saturated rings. The van der Waals surface area contributed by atoms with Gasteiger partial charge in [0.05, 0.1) is 0 Å². The average Bonchev–Trinajstić information content (AvgIpc) is 3.08. The van der Waals surface area contributed by atoms with E-state index in [-0.39, 0.29) is 0 Å². The largest absolute Gasteiger partial charge is 0.584 e. The van der Waals surface area contributed by atoms with Gasteiger partial charge in [-0.3, -0.25) is 4.89 Å². The third-order valence-electron chi connectivity index (χ3n) is 10.0. The zero-order valence-electron chi connectivity index (χ0n) is 32.4. The molecule has 280 valence electrons. The van der Waals surface area contributed by atoms with Crippen LogP contribution in [0.5, 0.6) is 11.5 Å². The standard InChI is InChI=1S/C44H75O4P/c1-5-9-13-17-21-25-31-39-33-29-37-43(41(39)35-27-23-19-15-11-7-3)47-49(45,46)48-44-38-30-34-40(32-26-22-18-14-10-6-2)42(44)36-28-24-20-16-12-8-4/h29-30,33-34,37-38H,5-28,31-32,35-36H2,1-4H3,(H,45,46). The molecule has 0 saturated carbocycles. The van der Waals surface area contributed by atoms with Gasteiger partial charge in [0.25, 0.3) is 0 Å². The third kappa shape index (κ3) is 19.4. The molecule has 1 N–H and O–H groups in total. The molecule has 0 aliphatic carbocycles. The van der Waals surface area contributed by atoms with Crippen LogP contribution >= 0.6 is 7.82 Å². The maximum atomic E-state index is 13.8. The summed E-state index contributed by atoms with van der Waals surface area (Å²) < 4.78 is 25.9. The highest BCUT2D eigenvalue weighted by molar-refractivity contribution is 7.48. The van der Waals surface area contributed by atoms with Gasteiger partial charge in [-0.2, -0.15) is 0 Å². The maximum absolute atomic E-state index is 13.8. The van der Waals surface area contributed by atoms with Crippen LogP contribution in [-0.4, -0.2) is 4.89 Å². The van der Waals surface area contributed by atoms with E-state index in [1.54, 1.807) is 0 Å². The molecule has 2 aromatic carbocycles. The highest BCUT2D eigenvalue weighted by Gasteiger charge is 2.28. The number of rotatable bonds is 32.